The Balaban J connectivity index is 1.62. The number of ether oxygens (including phenoxy) is 5. The topological polar surface area (TPSA) is 46.2 Å². The first-order chi connectivity index (χ1) is 12.6. The van der Waals surface area contributed by atoms with Crippen molar-refractivity contribution in [2.45, 2.75) is 26.1 Å². The zero-order valence-electron chi connectivity index (χ0n) is 15.5. The van der Waals surface area contributed by atoms with Gasteiger partial charge in [-0.2, -0.15) is 0 Å². The summed E-state index contributed by atoms with van der Waals surface area (Å²) >= 11 is 0. The Hall–Kier alpha value is -2.40. The summed E-state index contributed by atoms with van der Waals surface area (Å²) < 4.78 is 28.2. The van der Waals surface area contributed by atoms with Crippen LogP contribution in [0.4, 0.5) is 0 Å². The normalized spacial score (nSPS) is 26.8. The highest BCUT2D eigenvalue weighted by Gasteiger charge is 2.41. The van der Waals surface area contributed by atoms with Gasteiger partial charge in [0.25, 0.3) is 0 Å². The minimum atomic E-state index is 0.000212. The van der Waals surface area contributed by atoms with E-state index < -0.39 is 0 Å². The van der Waals surface area contributed by atoms with Crippen LogP contribution in [-0.4, -0.2) is 21.0 Å². The predicted molar refractivity (Wildman–Crippen MR) is 97.0 cm³/mol. The highest BCUT2D eigenvalue weighted by atomic mass is 16.7. The maximum atomic E-state index is 6.50. The van der Waals surface area contributed by atoms with Gasteiger partial charge in [0.2, 0.25) is 6.79 Å². The highest BCUT2D eigenvalue weighted by Crippen LogP contribution is 2.50. The Bertz CT molecular complexity index is 803. The van der Waals surface area contributed by atoms with Crippen molar-refractivity contribution in [3.63, 3.8) is 0 Å². The van der Waals surface area contributed by atoms with E-state index in [0.29, 0.717) is 11.8 Å². The molecule has 4 atom stereocenters. The van der Waals surface area contributed by atoms with E-state index in [1.165, 1.54) is 0 Å². The van der Waals surface area contributed by atoms with Crippen LogP contribution < -0.4 is 18.9 Å². The van der Waals surface area contributed by atoms with Gasteiger partial charge in [-0.05, 0) is 47.2 Å². The summed E-state index contributed by atoms with van der Waals surface area (Å²) in [5, 5.41) is 0. The average Bonchev–Trinajstić information content (AvgIpc) is 3.25. The molecule has 2 aliphatic rings. The molecule has 26 heavy (non-hydrogen) atoms. The third kappa shape index (κ3) is 2.76. The van der Waals surface area contributed by atoms with Gasteiger partial charge in [-0.15, -0.1) is 0 Å². The van der Waals surface area contributed by atoms with Crippen molar-refractivity contribution in [3.05, 3.63) is 47.5 Å². The summed E-state index contributed by atoms with van der Waals surface area (Å²) in [4.78, 5) is 0. The number of rotatable bonds is 4. The monoisotopic (exact) mass is 356 g/mol. The van der Waals surface area contributed by atoms with Crippen molar-refractivity contribution in [1.82, 2.24) is 0 Å². The molecule has 0 saturated carbocycles. The van der Waals surface area contributed by atoms with Gasteiger partial charge in [0, 0.05) is 0 Å². The van der Waals surface area contributed by atoms with Crippen LogP contribution in [0, 0.1) is 11.8 Å². The SMILES string of the molecule is COc1ccc([C@H]2O[C@H](c3ccc4c(c3)OCO4)[C@H](C)[C@@H]2C)cc1OC. The van der Waals surface area contributed by atoms with E-state index in [4.69, 9.17) is 23.7 Å². The molecule has 0 aromatic heterocycles. The molecule has 0 N–H and O–H groups in total. The lowest BCUT2D eigenvalue weighted by Gasteiger charge is -2.18. The highest BCUT2D eigenvalue weighted by molar-refractivity contribution is 5.46. The molecule has 0 amide bonds. The van der Waals surface area contributed by atoms with Crippen molar-refractivity contribution in [2.24, 2.45) is 11.8 Å². The summed E-state index contributed by atoms with van der Waals surface area (Å²) in [7, 11) is 3.29. The quantitative estimate of drug-likeness (QED) is 0.806. The second-order valence-corrected chi connectivity index (χ2v) is 6.92. The molecule has 2 aromatic carbocycles. The first-order valence-corrected chi connectivity index (χ1v) is 8.89. The smallest absolute Gasteiger partial charge is 0.231 e. The summed E-state index contributed by atoms with van der Waals surface area (Å²) in [5.74, 6) is 3.77. The van der Waals surface area contributed by atoms with Crippen LogP contribution in [0.15, 0.2) is 36.4 Å². The molecule has 138 valence electrons. The molecule has 5 heteroatoms. The van der Waals surface area contributed by atoms with Gasteiger partial charge >= 0.3 is 0 Å². The van der Waals surface area contributed by atoms with Crippen LogP contribution in [0.2, 0.25) is 0 Å². The Morgan fingerprint density at radius 2 is 1.38 bits per heavy atom. The van der Waals surface area contributed by atoms with E-state index in [-0.39, 0.29) is 19.0 Å². The zero-order valence-corrected chi connectivity index (χ0v) is 15.5. The standard InChI is InChI=1S/C21H24O5/c1-12-13(2)21(15-6-8-17-19(10-15)25-11-24-17)26-20(12)14-5-7-16(22-3)18(9-14)23-4/h5-10,12-13,20-21H,11H2,1-4H3/t12-,13+,20-,21-/m0/s1. The lowest BCUT2D eigenvalue weighted by molar-refractivity contribution is 0.0288. The first-order valence-electron chi connectivity index (χ1n) is 8.89. The third-order valence-corrected chi connectivity index (χ3v) is 5.54. The maximum absolute atomic E-state index is 6.50. The number of fused-ring (bicyclic) bond motifs is 1. The van der Waals surface area contributed by atoms with Crippen LogP contribution >= 0.6 is 0 Å². The van der Waals surface area contributed by atoms with Crippen LogP contribution in [-0.2, 0) is 4.74 Å². The zero-order chi connectivity index (χ0) is 18.3. The lowest BCUT2D eigenvalue weighted by Crippen LogP contribution is -2.10. The summed E-state index contributed by atoms with van der Waals surface area (Å²) in [6.07, 6.45) is 0.0119. The Labute approximate surface area is 153 Å². The minimum Gasteiger partial charge on any atom is -0.493 e. The van der Waals surface area contributed by atoms with Crippen LogP contribution in [0.5, 0.6) is 23.0 Å². The van der Waals surface area contributed by atoms with E-state index in [9.17, 15) is 0 Å². The second-order valence-electron chi connectivity index (χ2n) is 6.92. The average molecular weight is 356 g/mol. The Kier molecular flexibility index (Phi) is 4.41. The van der Waals surface area contributed by atoms with Crippen molar-refractivity contribution in [1.29, 1.82) is 0 Å². The molecule has 5 nitrogen and oxygen atoms in total. The number of hydrogen-bond donors (Lipinski definition) is 0. The maximum Gasteiger partial charge on any atom is 0.231 e. The van der Waals surface area contributed by atoms with E-state index in [1.807, 2.05) is 24.3 Å². The largest absolute Gasteiger partial charge is 0.493 e. The van der Waals surface area contributed by atoms with Crippen molar-refractivity contribution >= 4 is 0 Å². The number of benzene rings is 2. The minimum absolute atomic E-state index is 0.000212. The van der Waals surface area contributed by atoms with Gasteiger partial charge in [-0.25, -0.2) is 0 Å². The van der Waals surface area contributed by atoms with Gasteiger partial charge in [0.1, 0.15) is 0 Å². The molecule has 1 saturated heterocycles. The van der Waals surface area contributed by atoms with Crippen molar-refractivity contribution in [3.8, 4) is 23.0 Å². The lowest BCUT2D eigenvalue weighted by atomic mass is 9.85. The Morgan fingerprint density at radius 1 is 0.769 bits per heavy atom. The molecule has 2 aliphatic heterocycles. The van der Waals surface area contributed by atoms with Gasteiger partial charge in [-0.3, -0.25) is 0 Å². The van der Waals surface area contributed by atoms with E-state index in [1.54, 1.807) is 14.2 Å². The summed E-state index contributed by atoms with van der Waals surface area (Å²) in [5.41, 5.74) is 2.22. The van der Waals surface area contributed by atoms with E-state index in [0.717, 1.165) is 34.1 Å². The van der Waals surface area contributed by atoms with Gasteiger partial charge < -0.3 is 23.7 Å². The number of methoxy groups -OCH3 is 2. The molecule has 0 unspecified atom stereocenters. The molecule has 2 aromatic rings. The molecular formula is C21H24O5. The van der Waals surface area contributed by atoms with Crippen molar-refractivity contribution < 1.29 is 23.7 Å². The van der Waals surface area contributed by atoms with E-state index >= 15 is 0 Å². The molecule has 0 spiro atoms. The van der Waals surface area contributed by atoms with Crippen LogP contribution in [0.25, 0.3) is 0 Å². The molecular weight excluding hydrogens is 332 g/mol. The first kappa shape index (κ1) is 17.0. The molecule has 2 heterocycles. The molecule has 4 rings (SSSR count). The van der Waals surface area contributed by atoms with Crippen LogP contribution in [0.1, 0.15) is 37.2 Å². The Morgan fingerprint density at radius 3 is 2.08 bits per heavy atom. The fourth-order valence-electron chi connectivity index (χ4n) is 3.84. The van der Waals surface area contributed by atoms with Crippen molar-refractivity contribution in [2.75, 3.05) is 21.0 Å². The van der Waals surface area contributed by atoms with Gasteiger partial charge in [0.15, 0.2) is 23.0 Å². The molecule has 0 bridgehead atoms. The van der Waals surface area contributed by atoms with Gasteiger partial charge in [0.05, 0.1) is 26.4 Å². The molecule has 0 aliphatic carbocycles. The molecule has 0 radical (unpaired) electrons. The number of hydrogen-bond acceptors (Lipinski definition) is 5. The molecule has 1 fully saturated rings. The third-order valence-electron chi connectivity index (χ3n) is 5.54. The summed E-state index contributed by atoms with van der Waals surface area (Å²) in [6, 6.07) is 12.1. The second kappa shape index (κ2) is 6.72. The van der Waals surface area contributed by atoms with Gasteiger partial charge in [-0.1, -0.05) is 26.0 Å². The predicted octanol–water partition coefficient (Wildman–Crippen LogP) is 4.52. The summed E-state index contributed by atoms with van der Waals surface area (Å²) in [6.45, 7) is 4.75. The van der Waals surface area contributed by atoms with E-state index in [2.05, 4.69) is 26.0 Å². The fourth-order valence-corrected chi connectivity index (χ4v) is 3.84. The van der Waals surface area contributed by atoms with Crippen LogP contribution in [0.3, 0.4) is 0 Å². The fraction of sp³-hybridized carbons (Fsp3) is 0.429.